The van der Waals surface area contributed by atoms with Crippen LogP contribution in [0.25, 0.3) is 11.6 Å². The third-order valence-corrected chi connectivity index (χ3v) is 6.85. The summed E-state index contributed by atoms with van der Waals surface area (Å²) in [5.41, 5.74) is 1.16. The number of rotatable bonds is 4. The lowest BCUT2D eigenvalue weighted by Crippen LogP contribution is -2.38. The van der Waals surface area contributed by atoms with Gasteiger partial charge in [0, 0.05) is 19.8 Å². The van der Waals surface area contributed by atoms with Crippen LogP contribution in [0.4, 0.5) is 0 Å². The summed E-state index contributed by atoms with van der Waals surface area (Å²) >= 11 is 0. The lowest BCUT2D eigenvalue weighted by molar-refractivity contribution is 0.220. The molecule has 3 aromatic rings. The molecule has 0 saturated carbocycles. The van der Waals surface area contributed by atoms with Crippen molar-refractivity contribution in [2.45, 2.75) is 37.1 Å². The lowest BCUT2D eigenvalue weighted by Gasteiger charge is -2.32. The van der Waals surface area contributed by atoms with Crippen LogP contribution in [0.5, 0.6) is 0 Å². The van der Waals surface area contributed by atoms with Gasteiger partial charge < -0.3 is 4.42 Å². The number of sulfonamides is 1. The molecular formula is C17H20N6O3S. The second-order valence-electron chi connectivity index (χ2n) is 6.51. The van der Waals surface area contributed by atoms with E-state index in [0.717, 1.165) is 12.8 Å². The van der Waals surface area contributed by atoms with Gasteiger partial charge in [-0.2, -0.15) is 9.40 Å². The molecule has 1 fully saturated rings. The number of hydrogen-bond acceptors (Lipinski definition) is 7. The highest BCUT2D eigenvalue weighted by Gasteiger charge is 2.39. The second-order valence-corrected chi connectivity index (χ2v) is 8.36. The fourth-order valence-electron chi connectivity index (χ4n) is 3.26. The zero-order chi connectivity index (χ0) is 19.0. The van der Waals surface area contributed by atoms with E-state index in [0.29, 0.717) is 30.2 Å². The predicted octanol–water partition coefficient (Wildman–Crippen LogP) is 2.09. The maximum atomic E-state index is 13.3. The molecule has 1 unspecified atom stereocenters. The van der Waals surface area contributed by atoms with Gasteiger partial charge in [0.1, 0.15) is 16.6 Å². The van der Waals surface area contributed by atoms with Crippen LogP contribution in [-0.2, 0) is 17.1 Å². The van der Waals surface area contributed by atoms with Crippen LogP contribution in [0, 0.1) is 6.92 Å². The minimum absolute atomic E-state index is 0.210. The van der Waals surface area contributed by atoms with Crippen molar-refractivity contribution in [3.05, 3.63) is 42.2 Å². The third kappa shape index (κ3) is 3.15. The maximum absolute atomic E-state index is 13.3. The first-order chi connectivity index (χ1) is 13.0. The van der Waals surface area contributed by atoms with Crippen molar-refractivity contribution in [3.8, 4) is 11.6 Å². The van der Waals surface area contributed by atoms with E-state index in [4.69, 9.17) is 4.42 Å². The van der Waals surface area contributed by atoms with Crippen LogP contribution in [0.1, 0.15) is 36.9 Å². The van der Waals surface area contributed by atoms with Gasteiger partial charge in [-0.1, -0.05) is 12.5 Å². The predicted molar refractivity (Wildman–Crippen MR) is 96.0 cm³/mol. The molecule has 0 N–H and O–H groups in total. The highest BCUT2D eigenvalue weighted by molar-refractivity contribution is 7.89. The van der Waals surface area contributed by atoms with Gasteiger partial charge in [-0.25, -0.2) is 8.42 Å². The number of aryl methyl sites for hydroxylation is 1. The Hall–Kier alpha value is -2.59. The topological polar surface area (TPSA) is 107 Å². The zero-order valence-electron chi connectivity index (χ0n) is 15.1. The van der Waals surface area contributed by atoms with Crippen molar-refractivity contribution in [3.63, 3.8) is 0 Å². The molecule has 4 heterocycles. The van der Waals surface area contributed by atoms with E-state index in [9.17, 15) is 8.42 Å². The Morgan fingerprint density at radius 3 is 2.78 bits per heavy atom. The molecule has 0 bridgehead atoms. The number of hydrogen-bond donors (Lipinski definition) is 0. The fourth-order valence-corrected chi connectivity index (χ4v) is 5.10. The second kappa shape index (κ2) is 6.86. The Balaban J connectivity index is 1.69. The van der Waals surface area contributed by atoms with Crippen LogP contribution >= 0.6 is 0 Å². The Morgan fingerprint density at radius 1 is 1.22 bits per heavy atom. The van der Waals surface area contributed by atoms with E-state index in [1.807, 2.05) is 6.07 Å². The molecule has 0 aliphatic carbocycles. The quantitative estimate of drug-likeness (QED) is 0.673. The average molecular weight is 388 g/mol. The Labute approximate surface area is 157 Å². The number of nitrogens with zero attached hydrogens (tertiary/aromatic N) is 6. The number of piperidine rings is 1. The molecule has 1 atom stereocenters. The summed E-state index contributed by atoms with van der Waals surface area (Å²) < 4.78 is 35.3. The fraction of sp³-hybridized carbons (Fsp3) is 0.412. The van der Waals surface area contributed by atoms with Crippen molar-refractivity contribution < 1.29 is 12.8 Å². The third-order valence-electron chi connectivity index (χ3n) is 4.84. The van der Waals surface area contributed by atoms with Crippen molar-refractivity contribution in [2.75, 3.05) is 6.54 Å². The minimum Gasteiger partial charge on any atom is -0.417 e. The minimum atomic E-state index is -3.72. The number of pyridine rings is 1. The molecule has 27 heavy (non-hydrogen) atoms. The van der Waals surface area contributed by atoms with Crippen molar-refractivity contribution in [1.82, 2.24) is 29.3 Å². The molecule has 4 rings (SSSR count). The standard InChI is InChI=1S/C17H20N6O3S/c1-12-15(11-19-22(12)2)27(24,25)23-10-6-4-8-14(23)17-21-20-16(26-17)13-7-3-5-9-18-13/h3,5,7,9,11,14H,4,6,8,10H2,1-2H3. The van der Waals surface area contributed by atoms with Crippen molar-refractivity contribution in [2.24, 2.45) is 7.05 Å². The highest BCUT2D eigenvalue weighted by Crippen LogP contribution is 2.36. The van der Waals surface area contributed by atoms with Gasteiger partial charge in [-0.15, -0.1) is 10.2 Å². The van der Waals surface area contributed by atoms with Crippen molar-refractivity contribution in [1.29, 1.82) is 0 Å². The van der Waals surface area contributed by atoms with Gasteiger partial charge in [0.15, 0.2) is 0 Å². The van der Waals surface area contributed by atoms with E-state index in [1.165, 1.54) is 10.5 Å². The molecule has 0 radical (unpaired) electrons. The summed E-state index contributed by atoms with van der Waals surface area (Å²) in [4.78, 5) is 4.41. The Bertz CT molecular complexity index is 1040. The SMILES string of the molecule is Cc1c(S(=O)(=O)N2CCCCC2c2nnc(-c3ccccn3)o2)cnn1C. The molecule has 9 nitrogen and oxygen atoms in total. The van der Waals surface area contributed by atoms with E-state index >= 15 is 0 Å². The van der Waals surface area contributed by atoms with Crippen LogP contribution < -0.4 is 0 Å². The normalized spacial score (nSPS) is 18.7. The van der Waals surface area contributed by atoms with E-state index < -0.39 is 16.1 Å². The molecule has 10 heteroatoms. The molecular weight excluding hydrogens is 368 g/mol. The summed E-state index contributed by atoms with van der Waals surface area (Å²) in [6, 6.07) is 4.90. The zero-order valence-corrected chi connectivity index (χ0v) is 15.9. The molecule has 1 aliphatic heterocycles. The Kier molecular flexibility index (Phi) is 4.52. The summed E-state index contributed by atoms with van der Waals surface area (Å²) in [6.45, 7) is 2.15. The highest BCUT2D eigenvalue weighted by atomic mass is 32.2. The van der Waals surface area contributed by atoms with Crippen molar-refractivity contribution >= 4 is 10.0 Å². The molecule has 3 aromatic heterocycles. The van der Waals surface area contributed by atoms with E-state index in [1.54, 1.807) is 37.0 Å². The molecule has 1 aliphatic rings. The molecule has 1 saturated heterocycles. The van der Waals surface area contributed by atoms with Gasteiger partial charge >= 0.3 is 0 Å². The van der Waals surface area contributed by atoms with Gasteiger partial charge in [0.25, 0.3) is 5.89 Å². The van der Waals surface area contributed by atoms with E-state index in [-0.39, 0.29) is 10.8 Å². The summed E-state index contributed by atoms with van der Waals surface area (Å²) in [7, 11) is -2.00. The average Bonchev–Trinajstić information content (AvgIpc) is 3.30. The first-order valence-electron chi connectivity index (χ1n) is 8.74. The Morgan fingerprint density at radius 2 is 2.07 bits per heavy atom. The first kappa shape index (κ1) is 17.8. The maximum Gasteiger partial charge on any atom is 0.266 e. The van der Waals surface area contributed by atoms with Crippen LogP contribution in [0.2, 0.25) is 0 Å². The van der Waals surface area contributed by atoms with E-state index in [2.05, 4.69) is 20.3 Å². The monoisotopic (exact) mass is 388 g/mol. The smallest absolute Gasteiger partial charge is 0.266 e. The summed E-state index contributed by atoms with van der Waals surface area (Å²) in [6.07, 6.45) is 5.34. The largest absolute Gasteiger partial charge is 0.417 e. The summed E-state index contributed by atoms with van der Waals surface area (Å²) in [5.74, 6) is 0.576. The summed E-state index contributed by atoms with van der Waals surface area (Å²) in [5, 5.41) is 12.2. The molecule has 0 amide bonds. The van der Waals surface area contributed by atoms with Gasteiger partial charge in [0.2, 0.25) is 15.9 Å². The van der Waals surface area contributed by atoms with Gasteiger partial charge in [-0.3, -0.25) is 9.67 Å². The molecule has 142 valence electrons. The van der Waals surface area contributed by atoms with Crippen LogP contribution in [0.15, 0.2) is 39.9 Å². The molecule has 0 aromatic carbocycles. The lowest BCUT2D eigenvalue weighted by atomic mass is 10.1. The van der Waals surface area contributed by atoms with Gasteiger partial charge in [-0.05, 0) is 31.9 Å². The first-order valence-corrected chi connectivity index (χ1v) is 10.2. The van der Waals surface area contributed by atoms with Crippen LogP contribution in [0.3, 0.4) is 0 Å². The van der Waals surface area contributed by atoms with Crippen LogP contribution in [-0.4, -0.2) is 44.2 Å². The number of aromatic nitrogens is 5. The molecule has 0 spiro atoms. The van der Waals surface area contributed by atoms with Gasteiger partial charge in [0.05, 0.1) is 11.9 Å².